The first kappa shape index (κ1) is 19.3. The molecule has 1 N–H and O–H groups in total. The molecule has 3 aromatic rings. The van der Waals surface area contributed by atoms with E-state index >= 15 is 0 Å². The molecular weight excluding hydrogens is 437 g/mol. The first-order chi connectivity index (χ1) is 13.1. The molecule has 0 aliphatic heterocycles. The number of anilines is 1. The van der Waals surface area contributed by atoms with Crippen LogP contribution in [0.25, 0.3) is 5.69 Å². The van der Waals surface area contributed by atoms with Crippen LogP contribution in [0.2, 0.25) is 0 Å². The number of aromatic nitrogens is 4. The largest absolute Gasteiger partial charge is 0.492 e. The van der Waals surface area contributed by atoms with E-state index in [1.807, 2.05) is 31.2 Å². The number of nitrogens with one attached hydrogen (secondary N) is 1. The zero-order valence-corrected chi connectivity index (χ0v) is 16.6. The van der Waals surface area contributed by atoms with Crippen molar-refractivity contribution in [2.24, 2.45) is 0 Å². The number of thioether (sulfide) groups is 1. The molecule has 0 bridgehead atoms. The monoisotopic (exact) mass is 451 g/mol. The highest BCUT2D eigenvalue weighted by atomic mass is 79.9. The zero-order valence-electron chi connectivity index (χ0n) is 14.2. The minimum Gasteiger partial charge on any atom is -0.492 e. The molecule has 0 saturated heterocycles. The quantitative estimate of drug-likeness (QED) is 0.551. The Hall–Kier alpha value is -2.46. The smallest absolute Gasteiger partial charge is 0.234 e. The van der Waals surface area contributed by atoms with Crippen molar-refractivity contribution < 1.29 is 13.9 Å². The van der Waals surface area contributed by atoms with E-state index in [-0.39, 0.29) is 17.3 Å². The van der Waals surface area contributed by atoms with Gasteiger partial charge in [0, 0.05) is 4.47 Å². The molecule has 27 heavy (non-hydrogen) atoms. The van der Waals surface area contributed by atoms with Gasteiger partial charge in [0.15, 0.2) is 0 Å². The lowest BCUT2D eigenvalue weighted by Gasteiger charge is -2.10. The van der Waals surface area contributed by atoms with Crippen molar-refractivity contribution in [3.05, 3.63) is 52.8 Å². The fourth-order valence-electron chi connectivity index (χ4n) is 2.24. The highest BCUT2D eigenvalue weighted by Crippen LogP contribution is 2.26. The highest BCUT2D eigenvalue weighted by Gasteiger charge is 2.15. The van der Waals surface area contributed by atoms with Crippen molar-refractivity contribution in [2.75, 3.05) is 17.7 Å². The standard InChI is InChI=1S/C17H15BrFN5O2S/c1-2-26-15-6-4-3-5-14(15)24-17(21-22-23-24)27-10-16(25)20-13-8-7-11(18)9-12(13)19/h3-9H,2,10H2,1H3,(H,20,25). The average molecular weight is 452 g/mol. The van der Waals surface area contributed by atoms with Gasteiger partial charge in [0.1, 0.15) is 17.3 Å². The molecule has 3 rings (SSSR count). The van der Waals surface area contributed by atoms with Gasteiger partial charge in [-0.15, -0.1) is 5.10 Å². The van der Waals surface area contributed by atoms with Crippen LogP contribution in [0.4, 0.5) is 10.1 Å². The van der Waals surface area contributed by atoms with Crippen LogP contribution in [-0.4, -0.2) is 38.5 Å². The number of carbonyl (C=O) groups is 1. The molecule has 2 aromatic carbocycles. The maximum absolute atomic E-state index is 13.8. The summed E-state index contributed by atoms with van der Waals surface area (Å²) in [6, 6.07) is 11.8. The second-order valence-corrected chi connectivity index (χ2v) is 7.09. The molecule has 0 aliphatic carbocycles. The van der Waals surface area contributed by atoms with E-state index in [4.69, 9.17) is 4.74 Å². The molecule has 10 heteroatoms. The third kappa shape index (κ3) is 4.83. The number of carbonyl (C=O) groups excluding carboxylic acids is 1. The predicted octanol–water partition coefficient (Wildman–Crippen LogP) is 3.69. The number of ether oxygens (including phenoxy) is 1. The summed E-state index contributed by atoms with van der Waals surface area (Å²) in [4.78, 5) is 12.1. The van der Waals surface area contributed by atoms with Crippen molar-refractivity contribution in [3.63, 3.8) is 0 Å². The van der Waals surface area contributed by atoms with Gasteiger partial charge in [-0.2, -0.15) is 4.68 Å². The number of benzene rings is 2. The second-order valence-electron chi connectivity index (χ2n) is 5.24. The molecule has 1 aromatic heterocycles. The van der Waals surface area contributed by atoms with Gasteiger partial charge < -0.3 is 10.1 Å². The SMILES string of the molecule is CCOc1ccccc1-n1nnnc1SCC(=O)Nc1ccc(Br)cc1F. The van der Waals surface area contributed by atoms with E-state index in [9.17, 15) is 9.18 Å². The molecule has 0 atom stereocenters. The fourth-order valence-corrected chi connectivity index (χ4v) is 3.25. The van der Waals surface area contributed by atoms with Gasteiger partial charge in [0.2, 0.25) is 11.1 Å². The van der Waals surface area contributed by atoms with Crippen molar-refractivity contribution in [1.29, 1.82) is 0 Å². The molecule has 1 amide bonds. The van der Waals surface area contributed by atoms with Gasteiger partial charge in [-0.05, 0) is 47.7 Å². The molecular formula is C17H15BrFN5O2S. The zero-order chi connectivity index (χ0) is 19.2. The van der Waals surface area contributed by atoms with Crippen LogP contribution in [-0.2, 0) is 4.79 Å². The van der Waals surface area contributed by atoms with Gasteiger partial charge >= 0.3 is 0 Å². The van der Waals surface area contributed by atoms with Gasteiger partial charge in [-0.3, -0.25) is 4.79 Å². The minimum absolute atomic E-state index is 0.0205. The van der Waals surface area contributed by atoms with Crippen LogP contribution in [0.15, 0.2) is 52.1 Å². The fraction of sp³-hybridized carbons (Fsp3) is 0.176. The van der Waals surface area contributed by atoms with E-state index < -0.39 is 5.82 Å². The number of tetrazole rings is 1. The normalized spacial score (nSPS) is 10.6. The Morgan fingerprint density at radius 1 is 1.33 bits per heavy atom. The van der Waals surface area contributed by atoms with E-state index in [0.717, 1.165) is 11.8 Å². The average Bonchev–Trinajstić information content (AvgIpc) is 3.11. The number of nitrogens with zero attached hydrogens (tertiary/aromatic N) is 4. The van der Waals surface area contributed by atoms with Gasteiger partial charge in [-0.25, -0.2) is 4.39 Å². The predicted molar refractivity (Wildman–Crippen MR) is 104 cm³/mol. The highest BCUT2D eigenvalue weighted by molar-refractivity contribution is 9.10. The van der Waals surface area contributed by atoms with Gasteiger partial charge in [-0.1, -0.05) is 39.8 Å². The summed E-state index contributed by atoms with van der Waals surface area (Å²) in [5.74, 6) is -0.227. The summed E-state index contributed by atoms with van der Waals surface area (Å²) in [7, 11) is 0. The molecule has 0 saturated carbocycles. The van der Waals surface area contributed by atoms with E-state index in [1.54, 1.807) is 6.07 Å². The molecule has 7 nitrogen and oxygen atoms in total. The van der Waals surface area contributed by atoms with Gasteiger partial charge in [0.05, 0.1) is 18.0 Å². The Labute approximate surface area is 167 Å². The summed E-state index contributed by atoms with van der Waals surface area (Å²) < 4.78 is 21.5. The Balaban J connectivity index is 1.69. The van der Waals surface area contributed by atoms with Crippen LogP contribution in [0.1, 0.15) is 6.92 Å². The molecule has 0 radical (unpaired) electrons. The third-order valence-corrected chi connectivity index (χ3v) is 4.78. The summed E-state index contributed by atoms with van der Waals surface area (Å²) in [5, 5.41) is 14.6. The number of para-hydroxylation sites is 2. The molecule has 0 unspecified atom stereocenters. The molecule has 0 fully saturated rings. The van der Waals surface area contributed by atoms with Crippen molar-refractivity contribution in [1.82, 2.24) is 20.2 Å². The summed E-state index contributed by atoms with van der Waals surface area (Å²) in [6.07, 6.45) is 0. The minimum atomic E-state index is -0.516. The lowest BCUT2D eigenvalue weighted by atomic mass is 10.3. The Morgan fingerprint density at radius 3 is 2.93 bits per heavy atom. The van der Waals surface area contributed by atoms with Crippen LogP contribution in [0, 0.1) is 5.82 Å². The number of hydrogen-bond acceptors (Lipinski definition) is 6. The first-order valence-electron chi connectivity index (χ1n) is 7.96. The van der Waals surface area contributed by atoms with Crippen molar-refractivity contribution in [2.45, 2.75) is 12.1 Å². The summed E-state index contributed by atoms with van der Waals surface area (Å²) in [6.45, 7) is 2.39. The first-order valence-corrected chi connectivity index (χ1v) is 9.74. The maximum atomic E-state index is 13.8. The Bertz CT molecular complexity index is 953. The van der Waals surface area contributed by atoms with Crippen LogP contribution >= 0.6 is 27.7 Å². The molecule has 0 spiro atoms. The molecule has 1 heterocycles. The van der Waals surface area contributed by atoms with E-state index in [2.05, 4.69) is 36.8 Å². The second kappa shape index (κ2) is 8.96. The third-order valence-electron chi connectivity index (χ3n) is 3.37. The van der Waals surface area contributed by atoms with Crippen molar-refractivity contribution >= 4 is 39.3 Å². The number of amides is 1. The van der Waals surface area contributed by atoms with Crippen LogP contribution in [0.5, 0.6) is 5.75 Å². The van der Waals surface area contributed by atoms with Crippen LogP contribution < -0.4 is 10.1 Å². The van der Waals surface area contributed by atoms with E-state index in [1.165, 1.54) is 16.8 Å². The van der Waals surface area contributed by atoms with E-state index in [0.29, 0.717) is 27.7 Å². The van der Waals surface area contributed by atoms with Crippen molar-refractivity contribution in [3.8, 4) is 11.4 Å². The lowest BCUT2D eigenvalue weighted by molar-refractivity contribution is -0.113. The number of hydrogen-bond donors (Lipinski definition) is 1. The van der Waals surface area contributed by atoms with Gasteiger partial charge in [0.25, 0.3) is 0 Å². The maximum Gasteiger partial charge on any atom is 0.234 e. The summed E-state index contributed by atoms with van der Waals surface area (Å²) in [5.41, 5.74) is 0.788. The number of rotatable bonds is 7. The topological polar surface area (TPSA) is 81.9 Å². The van der Waals surface area contributed by atoms with Crippen LogP contribution in [0.3, 0.4) is 0 Å². The lowest BCUT2D eigenvalue weighted by Crippen LogP contribution is -2.15. The number of halogens is 2. The Morgan fingerprint density at radius 2 is 2.15 bits per heavy atom. The summed E-state index contributed by atoms with van der Waals surface area (Å²) >= 11 is 4.31. The molecule has 0 aliphatic rings. The molecule has 140 valence electrons. The Kier molecular flexibility index (Phi) is 6.40.